The van der Waals surface area contributed by atoms with Gasteiger partial charge in [0.05, 0.1) is 12.7 Å². The molecular weight excluding hydrogens is 216 g/mol. The lowest BCUT2D eigenvalue weighted by Gasteiger charge is -2.29. The van der Waals surface area contributed by atoms with Gasteiger partial charge in [0, 0.05) is 17.8 Å². The van der Waals surface area contributed by atoms with E-state index < -0.39 is 5.60 Å². The van der Waals surface area contributed by atoms with Gasteiger partial charge in [-0.25, -0.2) is 0 Å². The van der Waals surface area contributed by atoms with E-state index in [9.17, 15) is 9.90 Å². The van der Waals surface area contributed by atoms with E-state index in [1.54, 1.807) is 7.11 Å². The summed E-state index contributed by atoms with van der Waals surface area (Å²) in [5.74, 6) is 1.13. The fraction of sp³-hybridized carbons (Fsp3) is 0.786. The standard InChI is InChI=1S/C14H20O3/c1-8-4-5-9-11-12(17-3)10(15)6-13(11,2)7-14(8,9)16/h8-9,16H,4-7H2,1-3H3/t8?,9-,13+,14+/m1/s1. The summed E-state index contributed by atoms with van der Waals surface area (Å²) in [7, 11) is 1.57. The van der Waals surface area contributed by atoms with Gasteiger partial charge in [-0.3, -0.25) is 4.79 Å². The van der Waals surface area contributed by atoms with Crippen LogP contribution in [0.4, 0.5) is 0 Å². The zero-order valence-electron chi connectivity index (χ0n) is 10.7. The Morgan fingerprint density at radius 3 is 2.76 bits per heavy atom. The van der Waals surface area contributed by atoms with Crippen molar-refractivity contribution in [1.29, 1.82) is 0 Å². The maximum absolute atomic E-state index is 11.9. The largest absolute Gasteiger partial charge is 0.493 e. The molecule has 0 aliphatic heterocycles. The number of carbonyl (C=O) groups is 1. The van der Waals surface area contributed by atoms with E-state index in [0.717, 1.165) is 24.8 Å². The zero-order chi connectivity index (χ0) is 12.4. The second kappa shape index (κ2) is 3.14. The van der Waals surface area contributed by atoms with Crippen molar-refractivity contribution in [2.24, 2.45) is 17.3 Å². The van der Waals surface area contributed by atoms with Crippen LogP contribution in [0.25, 0.3) is 0 Å². The first-order valence-corrected chi connectivity index (χ1v) is 6.46. The minimum atomic E-state index is -0.603. The molecular formula is C14H20O3. The van der Waals surface area contributed by atoms with Gasteiger partial charge < -0.3 is 9.84 Å². The summed E-state index contributed by atoms with van der Waals surface area (Å²) >= 11 is 0. The monoisotopic (exact) mass is 236 g/mol. The van der Waals surface area contributed by atoms with Crippen molar-refractivity contribution in [2.75, 3.05) is 7.11 Å². The van der Waals surface area contributed by atoms with Crippen molar-refractivity contribution in [3.63, 3.8) is 0 Å². The van der Waals surface area contributed by atoms with Crippen LogP contribution in [-0.2, 0) is 9.53 Å². The molecule has 3 aliphatic carbocycles. The van der Waals surface area contributed by atoms with E-state index in [0.29, 0.717) is 18.1 Å². The lowest BCUT2D eigenvalue weighted by molar-refractivity contribution is -0.119. The first-order chi connectivity index (χ1) is 7.92. The van der Waals surface area contributed by atoms with Gasteiger partial charge in [-0.2, -0.15) is 0 Å². The first kappa shape index (κ1) is 11.3. The molecule has 1 N–H and O–H groups in total. The molecule has 3 aliphatic rings. The van der Waals surface area contributed by atoms with Crippen LogP contribution in [0.3, 0.4) is 0 Å². The Morgan fingerprint density at radius 2 is 2.12 bits per heavy atom. The molecule has 94 valence electrons. The summed E-state index contributed by atoms with van der Waals surface area (Å²) in [6.07, 6.45) is 3.27. The van der Waals surface area contributed by atoms with E-state index in [4.69, 9.17) is 4.74 Å². The maximum Gasteiger partial charge on any atom is 0.198 e. The highest BCUT2D eigenvalue weighted by atomic mass is 16.5. The van der Waals surface area contributed by atoms with Crippen LogP contribution in [0.1, 0.15) is 39.5 Å². The number of fused-ring (bicyclic) bond motifs is 3. The molecule has 3 nitrogen and oxygen atoms in total. The third kappa shape index (κ3) is 1.18. The van der Waals surface area contributed by atoms with Crippen LogP contribution in [0.15, 0.2) is 11.3 Å². The molecule has 3 heteroatoms. The molecule has 17 heavy (non-hydrogen) atoms. The Labute approximate surface area is 102 Å². The number of methoxy groups -OCH3 is 1. The van der Waals surface area contributed by atoms with Crippen molar-refractivity contribution in [1.82, 2.24) is 0 Å². The summed E-state index contributed by atoms with van der Waals surface area (Å²) < 4.78 is 5.31. The topological polar surface area (TPSA) is 46.5 Å². The Hall–Kier alpha value is -0.830. The Balaban J connectivity index is 2.14. The minimum Gasteiger partial charge on any atom is -0.493 e. The number of ketones is 1. The highest BCUT2D eigenvalue weighted by molar-refractivity contribution is 5.98. The first-order valence-electron chi connectivity index (χ1n) is 6.46. The number of aliphatic hydroxyl groups is 1. The molecule has 1 unspecified atom stereocenters. The number of Topliss-reactive ketones (excluding diaryl/α,β-unsaturated/α-hetero) is 1. The molecule has 0 bridgehead atoms. The molecule has 0 aromatic rings. The molecule has 0 spiro atoms. The van der Waals surface area contributed by atoms with Crippen molar-refractivity contribution in [3.8, 4) is 0 Å². The lowest BCUT2D eigenvalue weighted by atomic mass is 9.80. The molecule has 0 radical (unpaired) electrons. The predicted octanol–water partition coefficient (Wildman–Crippen LogP) is 2.05. The number of hydrogen-bond donors (Lipinski definition) is 1. The molecule has 0 amide bonds. The summed E-state index contributed by atoms with van der Waals surface area (Å²) in [6, 6.07) is 0. The maximum atomic E-state index is 11.9. The van der Waals surface area contributed by atoms with Crippen LogP contribution < -0.4 is 0 Å². The molecule has 0 heterocycles. The summed E-state index contributed by atoms with van der Waals surface area (Å²) in [5.41, 5.74) is 0.349. The Bertz CT molecular complexity index is 425. The van der Waals surface area contributed by atoms with E-state index in [1.165, 1.54) is 0 Å². The molecule has 0 aromatic heterocycles. The van der Waals surface area contributed by atoms with Crippen molar-refractivity contribution < 1.29 is 14.6 Å². The Morgan fingerprint density at radius 1 is 1.41 bits per heavy atom. The van der Waals surface area contributed by atoms with E-state index >= 15 is 0 Å². The second-order valence-corrected chi connectivity index (χ2v) is 6.31. The highest BCUT2D eigenvalue weighted by Crippen LogP contribution is 2.65. The number of hydrogen-bond acceptors (Lipinski definition) is 3. The van der Waals surface area contributed by atoms with Crippen LogP contribution in [0.2, 0.25) is 0 Å². The fourth-order valence-corrected chi connectivity index (χ4v) is 4.49. The van der Waals surface area contributed by atoms with Gasteiger partial charge in [-0.1, -0.05) is 13.8 Å². The minimum absolute atomic E-state index is 0.117. The molecule has 0 saturated heterocycles. The SMILES string of the molecule is COC1=C2[C@H]3CCC(C)[C@@]3(O)C[C@]2(C)CC1=O. The number of rotatable bonds is 1. The number of ether oxygens (including phenoxy) is 1. The zero-order valence-corrected chi connectivity index (χ0v) is 10.7. The summed E-state index contributed by atoms with van der Waals surface area (Å²) in [6.45, 7) is 4.23. The van der Waals surface area contributed by atoms with Crippen molar-refractivity contribution in [3.05, 3.63) is 11.3 Å². The molecule has 0 aromatic carbocycles. The average Bonchev–Trinajstić information content (AvgIpc) is 2.71. The number of allylic oxidation sites excluding steroid dienone is 1. The second-order valence-electron chi connectivity index (χ2n) is 6.31. The van der Waals surface area contributed by atoms with Gasteiger partial charge in [0.1, 0.15) is 0 Å². The average molecular weight is 236 g/mol. The van der Waals surface area contributed by atoms with Gasteiger partial charge in [-0.05, 0) is 30.8 Å². The summed E-state index contributed by atoms with van der Waals surface area (Å²) in [5, 5.41) is 10.9. The predicted molar refractivity (Wildman–Crippen MR) is 63.2 cm³/mol. The quantitative estimate of drug-likeness (QED) is 0.758. The van der Waals surface area contributed by atoms with Gasteiger partial charge in [0.2, 0.25) is 0 Å². The molecule has 2 saturated carbocycles. The molecule has 3 rings (SSSR count). The van der Waals surface area contributed by atoms with E-state index in [2.05, 4.69) is 13.8 Å². The molecule has 4 atom stereocenters. The Kier molecular flexibility index (Phi) is 2.08. The van der Waals surface area contributed by atoms with Crippen LogP contribution in [0, 0.1) is 17.3 Å². The summed E-state index contributed by atoms with van der Waals surface area (Å²) in [4.78, 5) is 11.9. The van der Waals surface area contributed by atoms with Gasteiger partial charge in [-0.15, -0.1) is 0 Å². The van der Waals surface area contributed by atoms with Crippen LogP contribution >= 0.6 is 0 Å². The molecule has 2 fully saturated rings. The van der Waals surface area contributed by atoms with Gasteiger partial charge >= 0.3 is 0 Å². The fourth-order valence-electron chi connectivity index (χ4n) is 4.49. The van der Waals surface area contributed by atoms with Crippen LogP contribution in [-0.4, -0.2) is 23.6 Å². The van der Waals surface area contributed by atoms with Crippen molar-refractivity contribution in [2.45, 2.75) is 45.1 Å². The van der Waals surface area contributed by atoms with Gasteiger partial charge in [0.25, 0.3) is 0 Å². The van der Waals surface area contributed by atoms with Crippen molar-refractivity contribution >= 4 is 5.78 Å². The smallest absolute Gasteiger partial charge is 0.198 e. The van der Waals surface area contributed by atoms with Gasteiger partial charge in [0.15, 0.2) is 11.5 Å². The van der Waals surface area contributed by atoms with Crippen LogP contribution in [0.5, 0.6) is 0 Å². The van der Waals surface area contributed by atoms with E-state index in [-0.39, 0.29) is 17.1 Å². The highest BCUT2D eigenvalue weighted by Gasteiger charge is 2.64. The third-order valence-electron chi connectivity index (χ3n) is 5.27. The number of carbonyl (C=O) groups excluding carboxylic acids is 1. The third-order valence-corrected chi connectivity index (χ3v) is 5.27. The normalized spacial score (nSPS) is 48.6. The van der Waals surface area contributed by atoms with E-state index in [1.807, 2.05) is 0 Å². The lowest BCUT2D eigenvalue weighted by Crippen LogP contribution is -2.35.